The van der Waals surface area contributed by atoms with Crippen molar-refractivity contribution in [3.05, 3.63) is 106 Å². The summed E-state index contributed by atoms with van der Waals surface area (Å²) >= 11 is 6.16. The van der Waals surface area contributed by atoms with Crippen LogP contribution >= 0.6 is 11.6 Å². The summed E-state index contributed by atoms with van der Waals surface area (Å²) in [6.07, 6.45) is 2.27. The molecule has 0 saturated carbocycles. The zero-order valence-corrected chi connectivity index (χ0v) is 19.1. The maximum absolute atomic E-state index is 12.8. The fraction of sp³-hybridized carbons (Fsp3) is 0.200. The molecule has 2 heterocycles. The molecule has 2 amide bonds. The quantitative estimate of drug-likeness (QED) is 0.362. The molecule has 8 nitrogen and oxygen atoms in total. The van der Waals surface area contributed by atoms with E-state index in [4.69, 9.17) is 11.6 Å². The van der Waals surface area contributed by atoms with Crippen LogP contribution in [0.4, 0.5) is 0 Å². The number of halogens is 1. The van der Waals surface area contributed by atoms with Crippen molar-refractivity contribution < 1.29 is 9.59 Å². The second-order valence-electron chi connectivity index (χ2n) is 7.76. The third-order valence-corrected chi connectivity index (χ3v) is 5.70. The summed E-state index contributed by atoms with van der Waals surface area (Å²) in [6, 6.07) is 20.9. The van der Waals surface area contributed by atoms with Gasteiger partial charge in [0, 0.05) is 19.3 Å². The highest BCUT2D eigenvalue weighted by atomic mass is 35.5. The minimum Gasteiger partial charge on any atom is -0.356 e. The Morgan fingerprint density at radius 3 is 2.47 bits per heavy atom. The van der Waals surface area contributed by atoms with Crippen molar-refractivity contribution >= 4 is 29.1 Å². The van der Waals surface area contributed by atoms with Crippen LogP contribution in [0.25, 0.3) is 5.65 Å². The van der Waals surface area contributed by atoms with Crippen LogP contribution in [0.2, 0.25) is 5.02 Å². The van der Waals surface area contributed by atoms with Crippen molar-refractivity contribution in [3.8, 4) is 0 Å². The van der Waals surface area contributed by atoms with Crippen molar-refractivity contribution in [3.63, 3.8) is 0 Å². The van der Waals surface area contributed by atoms with E-state index in [1.807, 2.05) is 36.4 Å². The van der Waals surface area contributed by atoms with E-state index in [9.17, 15) is 14.4 Å². The predicted molar refractivity (Wildman–Crippen MR) is 130 cm³/mol. The summed E-state index contributed by atoms with van der Waals surface area (Å²) in [4.78, 5) is 37.8. The number of carbonyl (C=O) groups is 2. The molecule has 174 valence electrons. The van der Waals surface area contributed by atoms with Gasteiger partial charge < -0.3 is 10.6 Å². The van der Waals surface area contributed by atoms with Gasteiger partial charge in [-0.2, -0.15) is 0 Å². The molecular formula is C25H24ClN5O3. The Labute approximate surface area is 201 Å². The lowest BCUT2D eigenvalue weighted by Crippen LogP contribution is -2.34. The highest BCUT2D eigenvalue weighted by Gasteiger charge is 2.20. The molecule has 4 rings (SSSR count). The van der Waals surface area contributed by atoms with Crippen molar-refractivity contribution in [2.75, 3.05) is 6.54 Å². The number of fused-ring (bicyclic) bond motifs is 1. The van der Waals surface area contributed by atoms with E-state index in [2.05, 4.69) is 15.7 Å². The maximum atomic E-state index is 12.8. The van der Waals surface area contributed by atoms with Crippen LogP contribution in [0.3, 0.4) is 0 Å². The number of aryl methyl sites for hydroxylation is 1. The predicted octanol–water partition coefficient (Wildman–Crippen LogP) is 3.22. The van der Waals surface area contributed by atoms with Crippen LogP contribution < -0.4 is 16.3 Å². The average molecular weight is 478 g/mol. The van der Waals surface area contributed by atoms with Gasteiger partial charge in [0.25, 0.3) is 5.91 Å². The monoisotopic (exact) mass is 477 g/mol. The second-order valence-corrected chi connectivity index (χ2v) is 8.17. The number of amides is 2. The number of aromatic nitrogens is 3. The minimum atomic E-state index is -0.522. The lowest BCUT2D eigenvalue weighted by Gasteiger charge is -2.19. The lowest BCUT2D eigenvalue weighted by molar-refractivity contribution is -0.121. The summed E-state index contributed by atoms with van der Waals surface area (Å²) in [6.45, 7) is 0.755. The first-order valence-electron chi connectivity index (χ1n) is 10.9. The van der Waals surface area contributed by atoms with Crippen LogP contribution in [0, 0.1) is 0 Å². The topological polar surface area (TPSA) is 97.5 Å². The van der Waals surface area contributed by atoms with Gasteiger partial charge in [-0.15, -0.1) is 5.10 Å². The van der Waals surface area contributed by atoms with Gasteiger partial charge in [0.2, 0.25) is 5.91 Å². The molecule has 0 radical (unpaired) electrons. The molecule has 4 aromatic rings. The number of carbonyl (C=O) groups excluding carboxylic acids is 2. The lowest BCUT2D eigenvalue weighted by atomic mass is 10.0. The van der Waals surface area contributed by atoms with Crippen LogP contribution in [0.1, 0.15) is 34.8 Å². The number of hydrogen-bond donors (Lipinski definition) is 2. The van der Waals surface area contributed by atoms with E-state index in [1.165, 1.54) is 9.08 Å². The fourth-order valence-electron chi connectivity index (χ4n) is 3.65. The number of rotatable bonds is 9. The molecule has 0 aliphatic rings. The Kier molecular flexibility index (Phi) is 7.39. The molecule has 0 spiro atoms. The van der Waals surface area contributed by atoms with E-state index in [0.29, 0.717) is 35.7 Å². The Morgan fingerprint density at radius 2 is 1.71 bits per heavy atom. The van der Waals surface area contributed by atoms with Crippen LogP contribution in [0.15, 0.2) is 83.8 Å². The number of pyridine rings is 1. The van der Waals surface area contributed by atoms with Gasteiger partial charge in [0.05, 0.1) is 23.0 Å². The Morgan fingerprint density at radius 1 is 0.971 bits per heavy atom. The summed E-state index contributed by atoms with van der Waals surface area (Å²) < 4.78 is 2.86. The molecule has 34 heavy (non-hydrogen) atoms. The van der Waals surface area contributed by atoms with Gasteiger partial charge in [-0.25, -0.2) is 9.48 Å². The van der Waals surface area contributed by atoms with Gasteiger partial charge in [-0.3, -0.25) is 14.0 Å². The molecule has 1 unspecified atom stereocenters. The number of nitrogens with one attached hydrogen (secondary N) is 2. The van der Waals surface area contributed by atoms with Crippen molar-refractivity contribution in [2.45, 2.75) is 25.4 Å². The number of hydrogen-bond acceptors (Lipinski definition) is 4. The van der Waals surface area contributed by atoms with E-state index < -0.39 is 6.04 Å². The number of benzene rings is 2. The largest absolute Gasteiger partial charge is 0.356 e. The molecular weight excluding hydrogens is 454 g/mol. The first-order chi connectivity index (χ1) is 16.5. The van der Waals surface area contributed by atoms with Gasteiger partial charge in [0.1, 0.15) is 0 Å². The number of nitrogens with zero attached hydrogens (tertiary/aromatic N) is 3. The van der Waals surface area contributed by atoms with E-state index in [0.717, 1.165) is 5.56 Å². The third kappa shape index (κ3) is 5.52. The first kappa shape index (κ1) is 23.3. The normalized spacial score (nSPS) is 11.8. The molecule has 0 aliphatic heterocycles. The van der Waals surface area contributed by atoms with Crippen molar-refractivity contribution in [2.24, 2.45) is 0 Å². The molecule has 0 aliphatic carbocycles. The molecule has 1 atom stereocenters. The summed E-state index contributed by atoms with van der Waals surface area (Å²) in [7, 11) is 0. The van der Waals surface area contributed by atoms with Gasteiger partial charge >= 0.3 is 5.69 Å². The molecule has 0 saturated heterocycles. The molecule has 2 aromatic heterocycles. The zero-order chi connectivity index (χ0) is 23.9. The maximum Gasteiger partial charge on any atom is 0.350 e. The van der Waals surface area contributed by atoms with Gasteiger partial charge in [0.15, 0.2) is 5.65 Å². The Bertz CT molecular complexity index is 1350. The fourth-order valence-corrected chi connectivity index (χ4v) is 3.87. The Balaban J connectivity index is 1.35. The summed E-state index contributed by atoms with van der Waals surface area (Å²) in [5.74, 6) is -0.561. The molecule has 2 N–H and O–H groups in total. The van der Waals surface area contributed by atoms with E-state index in [1.54, 1.807) is 42.6 Å². The highest BCUT2D eigenvalue weighted by molar-refractivity contribution is 6.33. The van der Waals surface area contributed by atoms with Crippen LogP contribution in [-0.2, 0) is 11.3 Å². The first-order valence-corrected chi connectivity index (χ1v) is 11.3. The van der Waals surface area contributed by atoms with Gasteiger partial charge in [-0.05, 0) is 36.2 Å². The van der Waals surface area contributed by atoms with Crippen LogP contribution in [0.5, 0.6) is 0 Å². The summed E-state index contributed by atoms with van der Waals surface area (Å²) in [5.41, 5.74) is 1.53. The molecule has 9 heteroatoms. The van der Waals surface area contributed by atoms with Crippen molar-refractivity contribution in [1.29, 1.82) is 0 Å². The standard InChI is InChI=1S/C25H24ClN5O3/c26-20-12-5-4-11-19(20)24(33)28-21(18-9-2-1-3-10-18)17-23(32)27-14-8-16-31-25(34)30-15-7-6-13-22(30)29-31/h1-7,9-13,15,21H,8,14,16-17H2,(H,27,32)(H,28,33). The molecule has 0 fully saturated rings. The highest BCUT2D eigenvalue weighted by Crippen LogP contribution is 2.20. The van der Waals surface area contributed by atoms with Crippen LogP contribution in [-0.4, -0.2) is 32.5 Å². The summed E-state index contributed by atoms with van der Waals surface area (Å²) in [5, 5.41) is 10.4. The van der Waals surface area contributed by atoms with Crippen molar-refractivity contribution in [1.82, 2.24) is 24.8 Å². The molecule has 2 aromatic carbocycles. The minimum absolute atomic E-state index is 0.0640. The zero-order valence-electron chi connectivity index (χ0n) is 18.4. The SMILES string of the molecule is O=C(CC(NC(=O)c1ccccc1Cl)c1ccccc1)NCCCn1nc2ccccn2c1=O. The third-order valence-electron chi connectivity index (χ3n) is 5.37. The van der Waals surface area contributed by atoms with E-state index >= 15 is 0 Å². The second kappa shape index (κ2) is 10.8. The van der Waals surface area contributed by atoms with Gasteiger partial charge in [-0.1, -0.05) is 60.1 Å². The van der Waals surface area contributed by atoms with E-state index in [-0.39, 0.29) is 23.9 Å². The Hall–Kier alpha value is -3.91. The smallest absolute Gasteiger partial charge is 0.350 e. The molecule has 0 bridgehead atoms. The average Bonchev–Trinajstić information content (AvgIpc) is 3.17.